The molecular weight excluding hydrogens is 727 g/mol. The molecule has 13 heteroatoms. The molecule has 2 aromatic carbocycles. The number of carbonyl (C=O) groups is 6. The lowest BCUT2D eigenvalue weighted by Crippen LogP contribution is -2.54. The third-order valence-corrected chi connectivity index (χ3v) is 12.3. The average Bonchev–Trinajstić information content (AvgIpc) is 4.03. The van der Waals surface area contributed by atoms with Gasteiger partial charge in [-0.1, -0.05) is 65.3 Å². The van der Waals surface area contributed by atoms with E-state index in [0.717, 1.165) is 65.2 Å². The molecule has 1 aromatic heterocycles. The number of hydrogen-bond donors (Lipinski definition) is 0. The Hall–Kier alpha value is -4.94. The lowest BCUT2D eigenvalue weighted by molar-refractivity contribution is -0.142. The molecule has 4 saturated heterocycles. The molecule has 306 valence electrons. The maximum atomic E-state index is 14.0. The first-order valence-corrected chi connectivity index (χ1v) is 21.0. The van der Waals surface area contributed by atoms with E-state index in [1.165, 1.54) is 9.80 Å². The van der Waals surface area contributed by atoms with E-state index in [1.807, 2.05) is 39.8 Å². The SMILES string of the molecule is CCCCn1c2cc(CC(=O)C3CCCN3C(=O)[C@H](C(C)C)N3CCOC3=O)ccc2c2ccc(CC(=O)[C@@H]3CCCN3C(=O)[C@H](C(C)C)N3CCOC3=O)cc21. The zero-order chi connectivity index (χ0) is 40.5. The topological polar surface area (TPSA) is 139 Å². The Balaban J connectivity index is 1.10. The average molecular weight is 784 g/mol. The minimum Gasteiger partial charge on any atom is -0.448 e. The first-order valence-electron chi connectivity index (χ1n) is 21.0. The first-order chi connectivity index (χ1) is 27.4. The molecule has 4 aliphatic rings. The van der Waals surface area contributed by atoms with Crippen LogP contribution < -0.4 is 0 Å². The quantitative estimate of drug-likeness (QED) is 0.190. The second-order valence-corrected chi connectivity index (χ2v) is 16.9. The Morgan fingerprint density at radius 1 is 0.667 bits per heavy atom. The van der Waals surface area contributed by atoms with Gasteiger partial charge in [0.15, 0.2) is 11.6 Å². The Kier molecular flexibility index (Phi) is 11.9. The number of amides is 4. The summed E-state index contributed by atoms with van der Waals surface area (Å²) >= 11 is 0. The van der Waals surface area contributed by atoms with Gasteiger partial charge >= 0.3 is 12.2 Å². The second kappa shape index (κ2) is 16.9. The van der Waals surface area contributed by atoms with Crippen molar-refractivity contribution in [2.45, 2.75) is 117 Å². The molecule has 0 radical (unpaired) electrons. The van der Waals surface area contributed by atoms with Crippen molar-refractivity contribution in [2.75, 3.05) is 39.4 Å². The van der Waals surface area contributed by atoms with Crippen LogP contribution in [-0.2, 0) is 48.0 Å². The Bertz CT molecular complexity index is 1920. The molecule has 4 fully saturated rings. The van der Waals surface area contributed by atoms with E-state index in [2.05, 4.69) is 35.8 Å². The van der Waals surface area contributed by atoms with Crippen molar-refractivity contribution in [2.24, 2.45) is 11.8 Å². The molecule has 0 N–H and O–H groups in total. The number of likely N-dealkylation sites (tertiary alicyclic amines) is 2. The molecule has 57 heavy (non-hydrogen) atoms. The van der Waals surface area contributed by atoms with Crippen LogP contribution in [0.5, 0.6) is 0 Å². The Morgan fingerprint density at radius 2 is 1.11 bits per heavy atom. The van der Waals surface area contributed by atoms with Crippen LogP contribution in [0.15, 0.2) is 36.4 Å². The minimum absolute atomic E-state index is 0.0109. The van der Waals surface area contributed by atoms with Gasteiger partial charge in [0, 0.05) is 54.3 Å². The number of hydrogen-bond acceptors (Lipinski definition) is 8. The normalized spacial score (nSPS) is 21.0. The molecule has 0 spiro atoms. The van der Waals surface area contributed by atoms with Crippen molar-refractivity contribution in [3.63, 3.8) is 0 Å². The summed E-state index contributed by atoms with van der Waals surface area (Å²) in [6, 6.07) is 9.90. The number of unbranched alkanes of at least 4 members (excludes halogenated alkanes) is 1. The number of cyclic esters (lactones) is 2. The largest absolute Gasteiger partial charge is 0.448 e. The number of benzene rings is 2. The summed E-state index contributed by atoms with van der Waals surface area (Å²) < 4.78 is 12.6. The Labute approximate surface area is 334 Å². The summed E-state index contributed by atoms with van der Waals surface area (Å²) in [7, 11) is 0. The molecule has 0 aliphatic carbocycles. The van der Waals surface area contributed by atoms with Crippen LogP contribution in [-0.4, -0.2) is 123 Å². The first kappa shape index (κ1) is 40.3. The van der Waals surface area contributed by atoms with Gasteiger partial charge in [-0.3, -0.25) is 29.0 Å². The standard InChI is InChI=1S/C44H57N5O8/c1-6-7-16-45-35-23-29(25-37(50)33-10-8-17-46(33)41(52)39(27(2)3)48-19-21-56-43(48)54)12-14-31(35)32-15-13-30(24-36(32)45)26-38(51)34-11-9-18-47(34)42(53)40(28(4)5)49-20-22-57-44(49)55/h12-15,23-24,27-28,33-34,39-40H,6-11,16-22,25-26H2,1-5H3/t33-,34?,39-,40-/m0/s1. The fraction of sp³-hybridized carbons (Fsp3) is 0.591. The fourth-order valence-electron chi connectivity index (χ4n) is 9.54. The number of ketones is 2. The lowest BCUT2D eigenvalue weighted by Gasteiger charge is -2.34. The number of nitrogens with zero attached hydrogens (tertiary/aromatic N) is 5. The maximum Gasteiger partial charge on any atom is 0.410 e. The number of aryl methyl sites for hydroxylation is 1. The molecule has 4 atom stereocenters. The highest BCUT2D eigenvalue weighted by Crippen LogP contribution is 2.33. The maximum absolute atomic E-state index is 14.0. The van der Waals surface area contributed by atoms with Crippen LogP contribution in [0.25, 0.3) is 21.8 Å². The van der Waals surface area contributed by atoms with Gasteiger partial charge in [0.2, 0.25) is 11.8 Å². The Morgan fingerprint density at radius 3 is 1.47 bits per heavy atom. The van der Waals surface area contributed by atoms with Crippen LogP contribution in [0, 0.1) is 11.8 Å². The summed E-state index contributed by atoms with van der Waals surface area (Å²) in [5.74, 6) is -0.655. The number of ether oxygens (including phenoxy) is 2. The molecule has 0 saturated carbocycles. The van der Waals surface area contributed by atoms with E-state index in [1.54, 1.807) is 9.80 Å². The van der Waals surface area contributed by atoms with Crippen molar-refractivity contribution < 1.29 is 38.2 Å². The summed E-state index contributed by atoms with van der Waals surface area (Å²) in [5.41, 5.74) is 3.79. The van der Waals surface area contributed by atoms with Crippen LogP contribution in [0.2, 0.25) is 0 Å². The van der Waals surface area contributed by atoms with Crippen molar-refractivity contribution >= 4 is 57.4 Å². The smallest absolute Gasteiger partial charge is 0.410 e. The van der Waals surface area contributed by atoms with Crippen LogP contribution >= 0.6 is 0 Å². The molecule has 1 unspecified atom stereocenters. The number of Topliss-reactive ketones (excluding diaryl/α,β-unsaturated/α-hetero) is 2. The lowest BCUT2D eigenvalue weighted by atomic mass is 9.97. The summed E-state index contributed by atoms with van der Waals surface area (Å²) in [6.45, 7) is 12.8. The highest BCUT2D eigenvalue weighted by Gasteiger charge is 2.44. The zero-order valence-corrected chi connectivity index (χ0v) is 34.0. The highest BCUT2D eigenvalue weighted by atomic mass is 16.6. The molecule has 7 rings (SSSR count). The monoisotopic (exact) mass is 783 g/mol. The van der Waals surface area contributed by atoms with Gasteiger partial charge in [-0.2, -0.15) is 0 Å². The molecule has 5 heterocycles. The van der Waals surface area contributed by atoms with Gasteiger partial charge < -0.3 is 23.8 Å². The zero-order valence-electron chi connectivity index (χ0n) is 34.0. The van der Waals surface area contributed by atoms with Crippen molar-refractivity contribution in [3.05, 3.63) is 47.5 Å². The van der Waals surface area contributed by atoms with Gasteiger partial charge in [0.1, 0.15) is 25.3 Å². The van der Waals surface area contributed by atoms with Crippen LogP contribution in [0.4, 0.5) is 9.59 Å². The van der Waals surface area contributed by atoms with E-state index in [9.17, 15) is 28.8 Å². The molecular formula is C44H57N5O8. The third kappa shape index (κ3) is 7.86. The highest BCUT2D eigenvalue weighted by molar-refractivity contribution is 6.09. The van der Waals surface area contributed by atoms with Crippen LogP contribution in [0.1, 0.15) is 84.3 Å². The summed E-state index contributed by atoms with van der Waals surface area (Å²) in [5, 5.41) is 2.13. The van der Waals surface area contributed by atoms with Gasteiger partial charge in [0.05, 0.1) is 25.2 Å². The molecule has 3 aromatic rings. The summed E-state index contributed by atoms with van der Waals surface area (Å²) in [4.78, 5) is 86.9. The van der Waals surface area contributed by atoms with E-state index in [0.29, 0.717) is 39.0 Å². The van der Waals surface area contributed by atoms with E-state index < -0.39 is 36.4 Å². The molecule has 4 amide bonds. The number of carbonyl (C=O) groups excluding carboxylic acids is 6. The van der Waals surface area contributed by atoms with Crippen LogP contribution in [0.3, 0.4) is 0 Å². The molecule has 0 bridgehead atoms. The predicted octanol–water partition coefficient (Wildman–Crippen LogP) is 5.75. The van der Waals surface area contributed by atoms with E-state index in [4.69, 9.17) is 9.47 Å². The molecule has 13 nitrogen and oxygen atoms in total. The van der Waals surface area contributed by atoms with Crippen molar-refractivity contribution in [1.29, 1.82) is 0 Å². The van der Waals surface area contributed by atoms with Gasteiger partial charge in [0.25, 0.3) is 0 Å². The van der Waals surface area contributed by atoms with E-state index >= 15 is 0 Å². The van der Waals surface area contributed by atoms with Gasteiger partial charge in [-0.25, -0.2) is 9.59 Å². The van der Waals surface area contributed by atoms with Crippen molar-refractivity contribution in [3.8, 4) is 0 Å². The minimum atomic E-state index is -0.668. The van der Waals surface area contributed by atoms with E-state index in [-0.39, 0.29) is 61.3 Å². The predicted molar refractivity (Wildman–Crippen MR) is 215 cm³/mol. The number of aromatic nitrogens is 1. The van der Waals surface area contributed by atoms with Crippen molar-refractivity contribution in [1.82, 2.24) is 24.2 Å². The third-order valence-electron chi connectivity index (χ3n) is 12.3. The second-order valence-electron chi connectivity index (χ2n) is 16.9. The number of fused-ring (bicyclic) bond motifs is 3. The molecule has 4 aliphatic heterocycles. The number of rotatable bonds is 15. The van der Waals surface area contributed by atoms with Gasteiger partial charge in [-0.15, -0.1) is 0 Å². The van der Waals surface area contributed by atoms with Gasteiger partial charge in [-0.05, 0) is 67.2 Å². The summed E-state index contributed by atoms with van der Waals surface area (Å²) in [6.07, 6.45) is 4.01. The fourth-order valence-corrected chi connectivity index (χ4v) is 9.54.